The van der Waals surface area contributed by atoms with Crippen LogP contribution in [-0.2, 0) is 6.42 Å². The van der Waals surface area contributed by atoms with Crippen LogP contribution in [0.4, 0.5) is 5.69 Å². The normalized spacial score (nSPS) is 11.0. The lowest BCUT2D eigenvalue weighted by atomic mass is 10.1. The number of nitrogens with one attached hydrogen (secondary N) is 1. The van der Waals surface area contributed by atoms with Gasteiger partial charge in [-0.3, -0.25) is 0 Å². The molecule has 0 radical (unpaired) electrons. The van der Waals surface area contributed by atoms with Gasteiger partial charge in [-0.25, -0.2) is 4.98 Å². The number of anilines is 1. The van der Waals surface area contributed by atoms with E-state index in [0.29, 0.717) is 0 Å². The smallest absolute Gasteiger partial charge is 0.0730 e. The summed E-state index contributed by atoms with van der Waals surface area (Å²) >= 11 is 0. The third kappa shape index (κ3) is 3.48. The summed E-state index contributed by atoms with van der Waals surface area (Å²) in [6, 6.07) is 27.5. The number of benzene rings is 3. The molecule has 0 fully saturated rings. The van der Waals surface area contributed by atoms with E-state index in [4.69, 9.17) is 4.98 Å². The molecule has 4 aromatic rings. The van der Waals surface area contributed by atoms with Crippen molar-refractivity contribution in [1.82, 2.24) is 4.98 Å². The topological polar surface area (TPSA) is 24.9 Å². The number of aryl methyl sites for hydroxylation is 1. The molecule has 0 spiro atoms. The lowest BCUT2D eigenvalue weighted by Crippen LogP contribution is -2.04. The number of hydrogen-bond acceptors (Lipinski definition) is 2. The quantitative estimate of drug-likeness (QED) is 0.356. The molecule has 4 rings (SSSR count). The summed E-state index contributed by atoms with van der Waals surface area (Å²) < 4.78 is 0. The molecule has 0 aliphatic heterocycles. The molecule has 0 unspecified atom stereocenters. The first-order chi connectivity index (χ1) is 12.4. The zero-order valence-corrected chi connectivity index (χ0v) is 14.3. The average molecular weight is 326 g/mol. The van der Waals surface area contributed by atoms with E-state index in [1.165, 1.54) is 28.4 Å². The van der Waals surface area contributed by atoms with Crippen molar-refractivity contribution < 1.29 is 0 Å². The Balaban J connectivity index is 1.50. The number of para-hydroxylation sites is 2. The Kier molecular flexibility index (Phi) is 4.60. The van der Waals surface area contributed by atoms with Gasteiger partial charge in [0.25, 0.3) is 0 Å². The second kappa shape index (κ2) is 7.35. The van der Waals surface area contributed by atoms with Crippen molar-refractivity contribution in [2.75, 3.05) is 11.9 Å². The Hall–Kier alpha value is -2.87. The number of nitrogens with zero attached hydrogens (tertiary/aromatic N) is 1. The molecule has 0 aliphatic rings. The Bertz CT molecular complexity index is 923. The first-order valence-electron chi connectivity index (χ1n) is 8.97. The summed E-state index contributed by atoms with van der Waals surface area (Å²) in [6.45, 7) is 0.977. The summed E-state index contributed by atoms with van der Waals surface area (Å²) in [5, 5.41) is 6.07. The third-order valence-corrected chi connectivity index (χ3v) is 4.62. The van der Waals surface area contributed by atoms with Crippen LogP contribution in [0.5, 0.6) is 0 Å². The van der Waals surface area contributed by atoms with Crippen molar-refractivity contribution in [2.24, 2.45) is 0 Å². The molecule has 2 heteroatoms. The second-order valence-corrected chi connectivity index (χ2v) is 6.39. The van der Waals surface area contributed by atoms with Gasteiger partial charge in [0.05, 0.1) is 16.7 Å². The van der Waals surface area contributed by atoms with Gasteiger partial charge in [-0.1, -0.05) is 66.7 Å². The molecule has 1 N–H and O–H groups in total. The molecule has 1 heterocycles. The monoisotopic (exact) mass is 326 g/mol. The van der Waals surface area contributed by atoms with Gasteiger partial charge in [0.1, 0.15) is 0 Å². The van der Waals surface area contributed by atoms with Gasteiger partial charge in [0.2, 0.25) is 0 Å². The van der Waals surface area contributed by atoms with Crippen molar-refractivity contribution in [3.8, 4) is 0 Å². The molecule has 2 nitrogen and oxygen atoms in total. The van der Waals surface area contributed by atoms with E-state index in [1.807, 2.05) is 12.1 Å². The van der Waals surface area contributed by atoms with E-state index < -0.39 is 0 Å². The van der Waals surface area contributed by atoms with Gasteiger partial charge in [-0.05, 0) is 37.0 Å². The summed E-state index contributed by atoms with van der Waals surface area (Å²) in [4.78, 5) is 4.78. The number of unbranched alkanes of at least 4 members (excludes halogenated alkanes) is 1. The Morgan fingerprint density at radius 1 is 0.640 bits per heavy atom. The van der Waals surface area contributed by atoms with Crippen molar-refractivity contribution in [2.45, 2.75) is 19.3 Å². The van der Waals surface area contributed by atoms with Crippen LogP contribution in [-0.4, -0.2) is 11.5 Å². The van der Waals surface area contributed by atoms with Gasteiger partial charge in [-0.15, -0.1) is 0 Å². The maximum atomic E-state index is 4.78. The first-order valence-corrected chi connectivity index (χ1v) is 8.97. The Morgan fingerprint density at radius 3 is 1.92 bits per heavy atom. The summed E-state index contributed by atoms with van der Waals surface area (Å²) in [5.74, 6) is 0. The molecule has 124 valence electrons. The highest BCUT2D eigenvalue weighted by Gasteiger charge is 2.07. The minimum absolute atomic E-state index is 0.977. The van der Waals surface area contributed by atoms with Gasteiger partial charge >= 0.3 is 0 Å². The number of hydrogen-bond donors (Lipinski definition) is 1. The molecule has 0 bridgehead atoms. The molecular formula is C23H22N2. The molecule has 25 heavy (non-hydrogen) atoms. The van der Waals surface area contributed by atoms with Crippen molar-refractivity contribution >= 4 is 27.5 Å². The van der Waals surface area contributed by atoms with E-state index in [9.17, 15) is 0 Å². The van der Waals surface area contributed by atoms with E-state index in [-0.39, 0.29) is 0 Å². The highest BCUT2D eigenvalue weighted by atomic mass is 14.9. The number of pyridine rings is 1. The van der Waals surface area contributed by atoms with Gasteiger partial charge < -0.3 is 5.32 Å². The summed E-state index contributed by atoms with van der Waals surface area (Å²) in [6.07, 6.45) is 3.48. The van der Waals surface area contributed by atoms with E-state index in [1.54, 1.807) is 0 Å². The first kappa shape index (κ1) is 15.6. The summed E-state index contributed by atoms with van der Waals surface area (Å²) in [7, 11) is 0. The third-order valence-electron chi connectivity index (χ3n) is 4.62. The van der Waals surface area contributed by atoms with E-state index >= 15 is 0 Å². The maximum Gasteiger partial charge on any atom is 0.0730 e. The van der Waals surface area contributed by atoms with Crippen LogP contribution < -0.4 is 5.32 Å². The Morgan fingerprint density at radius 2 is 1.24 bits per heavy atom. The van der Waals surface area contributed by atoms with Gasteiger partial charge in [0.15, 0.2) is 0 Å². The van der Waals surface area contributed by atoms with Crippen LogP contribution in [0.15, 0.2) is 78.9 Å². The number of rotatable bonds is 6. The fourth-order valence-corrected chi connectivity index (χ4v) is 3.34. The highest BCUT2D eigenvalue weighted by Crippen LogP contribution is 2.30. The van der Waals surface area contributed by atoms with Crippen LogP contribution in [0.3, 0.4) is 0 Å². The fraction of sp³-hybridized carbons (Fsp3) is 0.174. The van der Waals surface area contributed by atoms with Crippen LogP contribution in [0, 0.1) is 0 Å². The molecule has 1 aromatic heterocycles. The van der Waals surface area contributed by atoms with Gasteiger partial charge in [-0.2, -0.15) is 0 Å². The van der Waals surface area contributed by atoms with Crippen molar-refractivity contribution in [3.05, 3.63) is 84.4 Å². The van der Waals surface area contributed by atoms with Crippen molar-refractivity contribution in [1.29, 1.82) is 0 Å². The molecule has 0 aliphatic carbocycles. The number of aromatic nitrogens is 1. The molecule has 0 atom stereocenters. The molecule has 0 amide bonds. The lowest BCUT2D eigenvalue weighted by molar-refractivity contribution is 0.764. The van der Waals surface area contributed by atoms with Crippen molar-refractivity contribution in [3.63, 3.8) is 0 Å². The molecule has 3 aromatic carbocycles. The SMILES string of the molecule is c1ccc(CCCCNc2c3ccccc3nc3ccccc23)cc1. The Labute approximate surface area is 148 Å². The van der Waals surface area contributed by atoms with Crippen LogP contribution in [0.1, 0.15) is 18.4 Å². The molecule has 0 saturated carbocycles. The zero-order valence-electron chi connectivity index (χ0n) is 14.3. The summed E-state index contributed by atoms with van der Waals surface area (Å²) in [5.41, 5.74) is 4.73. The zero-order chi connectivity index (χ0) is 16.9. The largest absolute Gasteiger partial charge is 0.384 e. The van der Waals surface area contributed by atoms with E-state index in [2.05, 4.69) is 72.0 Å². The molecular weight excluding hydrogens is 304 g/mol. The number of fused-ring (bicyclic) bond motifs is 2. The molecule has 0 saturated heterocycles. The predicted octanol–water partition coefficient (Wildman–Crippen LogP) is 5.82. The van der Waals surface area contributed by atoms with Gasteiger partial charge in [0, 0.05) is 17.3 Å². The minimum atomic E-state index is 0.977. The van der Waals surface area contributed by atoms with Crippen LogP contribution in [0.2, 0.25) is 0 Å². The average Bonchev–Trinajstić information content (AvgIpc) is 2.68. The maximum absolute atomic E-state index is 4.78. The van der Waals surface area contributed by atoms with Crippen LogP contribution >= 0.6 is 0 Å². The fourth-order valence-electron chi connectivity index (χ4n) is 3.34. The van der Waals surface area contributed by atoms with E-state index in [0.717, 1.165) is 30.4 Å². The predicted molar refractivity (Wildman–Crippen MR) is 107 cm³/mol. The highest BCUT2D eigenvalue weighted by molar-refractivity contribution is 6.07. The van der Waals surface area contributed by atoms with Crippen LogP contribution in [0.25, 0.3) is 21.8 Å². The lowest BCUT2D eigenvalue weighted by Gasteiger charge is -2.13. The standard InChI is InChI=1S/C23H22N2/c1-2-10-18(11-3-1)12-8-9-17-24-23-19-13-4-6-15-21(19)25-22-16-7-5-14-20(22)23/h1-7,10-11,13-16H,8-9,12,17H2,(H,24,25). The second-order valence-electron chi connectivity index (χ2n) is 6.39. The minimum Gasteiger partial charge on any atom is -0.384 e.